The number of aromatic amines is 2. The van der Waals surface area contributed by atoms with Gasteiger partial charge >= 0.3 is 0 Å². The fraction of sp³-hybridized carbons (Fsp3) is 0.107. The average molecular weight is 474 g/mol. The molecule has 0 saturated carbocycles. The normalized spacial score (nSPS) is 11.4. The zero-order valence-electron chi connectivity index (χ0n) is 19.8. The molecule has 0 unspecified atom stereocenters. The number of nitrogens with one attached hydrogen (secondary N) is 3. The van der Waals surface area contributed by atoms with Gasteiger partial charge in [0.15, 0.2) is 5.82 Å². The summed E-state index contributed by atoms with van der Waals surface area (Å²) in [4.78, 5) is 29.1. The number of pyridine rings is 2. The number of fused-ring (bicyclic) bond motifs is 2. The van der Waals surface area contributed by atoms with Gasteiger partial charge in [0.25, 0.3) is 0 Å². The molecule has 6 aromatic rings. The molecule has 0 radical (unpaired) electrons. The Labute approximate surface area is 206 Å². The molecule has 0 fully saturated rings. The van der Waals surface area contributed by atoms with Crippen LogP contribution >= 0.6 is 0 Å². The lowest BCUT2D eigenvalue weighted by Gasteiger charge is -2.09. The van der Waals surface area contributed by atoms with Gasteiger partial charge in [-0.1, -0.05) is 50.2 Å². The van der Waals surface area contributed by atoms with Crippen molar-refractivity contribution in [3.63, 3.8) is 0 Å². The number of carbonyl (C=O) groups excluding carboxylic acids is 1. The Morgan fingerprint density at radius 2 is 1.69 bits per heavy atom. The quantitative estimate of drug-likeness (QED) is 0.292. The van der Waals surface area contributed by atoms with E-state index in [-0.39, 0.29) is 11.8 Å². The molecule has 2 aromatic carbocycles. The predicted molar refractivity (Wildman–Crippen MR) is 141 cm³/mol. The van der Waals surface area contributed by atoms with Gasteiger partial charge in [0.2, 0.25) is 5.91 Å². The van der Waals surface area contributed by atoms with Gasteiger partial charge in [-0.2, -0.15) is 5.10 Å². The Bertz CT molecular complexity index is 1720. The standard InChI is InChI=1S/C28H23N7O/c1-16(2)28(36)31-20-10-19(12-29-13-20)18-8-9-23-21(11-18)26(35-34-23)27-32-24-15-30-14-22(25(24)33-27)17-6-4-3-5-7-17/h3-16H,1-2H3,(H,31,36)(H,32,33)(H,34,35). The Balaban J connectivity index is 1.41. The number of nitrogens with zero attached hydrogens (tertiary/aromatic N) is 4. The van der Waals surface area contributed by atoms with Crippen LogP contribution in [0.3, 0.4) is 0 Å². The Morgan fingerprint density at radius 3 is 2.53 bits per heavy atom. The van der Waals surface area contributed by atoms with Crippen LogP contribution in [0.2, 0.25) is 0 Å². The zero-order valence-corrected chi connectivity index (χ0v) is 19.8. The highest BCUT2D eigenvalue weighted by molar-refractivity contribution is 5.98. The molecule has 8 nitrogen and oxygen atoms in total. The molecule has 0 saturated heterocycles. The lowest BCUT2D eigenvalue weighted by Crippen LogP contribution is -2.17. The number of hydrogen-bond acceptors (Lipinski definition) is 5. The van der Waals surface area contributed by atoms with E-state index < -0.39 is 0 Å². The number of aromatic nitrogens is 6. The smallest absolute Gasteiger partial charge is 0.226 e. The second-order valence-corrected chi connectivity index (χ2v) is 8.97. The van der Waals surface area contributed by atoms with E-state index in [9.17, 15) is 4.79 Å². The molecule has 0 spiro atoms. The maximum atomic E-state index is 12.1. The summed E-state index contributed by atoms with van der Waals surface area (Å²) in [5, 5.41) is 11.5. The van der Waals surface area contributed by atoms with Gasteiger partial charge in [-0.05, 0) is 29.3 Å². The largest absolute Gasteiger partial charge is 0.335 e. The topological polar surface area (TPSA) is 112 Å². The van der Waals surface area contributed by atoms with Gasteiger partial charge < -0.3 is 10.3 Å². The van der Waals surface area contributed by atoms with Crippen LogP contribution in [0.15, 0.2) is 79.4 Å². The number of hydrogen-bond donors (Lipinski definition) is 3. The minimum Gasteiger partial charge on any atom is -0.335 e. The monoisotopic (exact) mass is 473 g/mol. The summed E-state index contributed by atoms with van der Waals surface area (Å²) in [6.45, 7) is 3.72. The average Bonchev–Trinajstić information content (AvgIpc) is 3.53. The third-order valence-electron chi connectivity index (χ3n) is 6.13. The Morgan fingerprint density at radius 1 is 0.861 bits per heavy atom. The number of rotatable bonds is 5. The summed E-state index contributed by atoms with van der Waals surface area (Å²) in [6, 6.07) is 18.1. The first kappa shape index (κ1) is 21.7. The molecule has 0 aliphatic rings. The minimum absolute atomic E-state index is 0.0456. The number of H-pyrrole nitrogens is 2. The van der Waals surface area contributed by atoms with Gasteiger partial charge in [-0.15, -0.1) is 0 Å². The molecule has 4 heterocycles. The zero-order chi connectivity index (χ0) is 24.6. The fourth-order valence-electron chi connectivity index (χ4n) is 4.20. The van der Waals surface area contributed by atoms with Crippen molar-refractivity contribution >= 4 is 33.5 Å². The van der Waals surface area contributed by atoms with Crippen LogP contribution in [-0.4, -0.2) is 36.0 Å². The van der Waals surface area contributed by atoms with Gasteiger partial charge in [0.1, 0.15) is 5.69 Å². The number of benzene rings is 2. The van der Waals surface area contributed by atoms with Crippen LogP contribution in [0.5, 0.6) is 0 Å². The first-order chi connectivity index (χ1) is 17.6. The number of carbonyl (C=O) groups is 1. The highest BCUT2D eigenvalue weighted by atomic mass is 16.1. The van der Waals surface area contributed by atoms with E-state index in [4.69, 9.17) is 4.98 Å². The maximum absolute atomic E-state index is 12.1. The molecule has 0 aliphatic carbocycles. The molecule has 4 aromatic heterocycles. The summed E-state index contributed by atoms with van der Waals surface area (Å²) in [7, 11) is 0. The van der Waals surface area contributed by atoms with Crippen molar-refractivity contribution in [3.8, 4) is 33.8 Å². The van der Waals surface area contributed by atoms with Crippen LogP contribution in [0.4, 0.5) is 5.69 Å². The van der Waals surface area contributed by atoms with Crippen LogP contribution in [0, 0.1) is 5.92 Å². The van der Waals surface area contributed by atoms with E-state index in [2.05, 4.69) is 36.5 Å². The van der Waals surface area contributed by atoms with Crippen LogP contribution < -0.4 is 5.32 Å². The lowest BCUT2D eigenvalue weighted by atomic mass is 10.0. The SMILES string of the molecule is CC(C)C(=O)Nc1cncc(-c2ccc3[nH]nc(-c4nc5c(-c6ccccc6)cncc5[nH]4)c3c2)c1. The number of amides is 1. The van der Waals surface area contributed by atoms with E-state index in [0.717, 1.165) is 49.9 Å². The second kappa shape index (κ2) is 8.74. The molecule has 1 amide bonds. The highest BCUT2D eigenvalue weighted by Gasteiger charge is 2.16. The molecule has 8 heteroatoms. The van der Waals surface area contributed by atoms with Gasteiger partial charge in [-0.3, -0.25) is 19.9 Å². The van der Waals surface area contributed by atoms with Crippen LogP contribution in [-0.2, 0) is 4.79 Å². The maximum Gasteiger partial charge on any atom is 0.226 e. The third-order valence-corrected chi connectivity index (χ3v) is 6.13. The molecule has 36 heavy (non-hydrogen) atoms. The molecule has 6 rings (SSSR count). The molecule has 3 N–H and O–H groups in total. The van der Waals surface area contributed by atoms with Crippen molar-refractivity contribution in [3.05, 3.63) is 79.4 Å². The van der Waals surface area contributed by atoms with Gasteiger partial charge in [0, 0.05) is 34.8 Å². The van der Waals surface area contributed by atoms with Crippen molar-refractivity contribution in [2.75, 3.05) is 5.32 Å². The number of imidazole rings is 1. The van der Waals surface area contributed by atoms with Crippen molar-refractivity contribution < 1.29 is 4.79 Å². The van der Waals surface area contributed by atoms with E-state index in [0.29, 0.717) is 11.5 Å². The van der Waals surface area contributed by atoms with E-state index >= 15 is 0 Å². The van der Waals surface area contributed by atoms with E-state index in [1.54, 1.807) is 18.6 Å². The summed E-state index contributed by atoms with van der Waals surface area (Å²) in [5.41, 5.74) is 7.84. The van der Waals surface area contributed by atoms with Crippen molar-refractivity contribution in [1.82, 2.24) is 30.1 Å². The third kappa shape index (κ3) is 3.88. The molecular formula is C28H23N7O. The molecule has 0 aliphatic heterocycles. The van der Waals surface area contributed by atoms with Gasteiger partial charge in [0.05, 0.1) is 34.6 Å². The van der Waals surface area contributed by atoms with Crippen molar-refractivity contribution in [2.45, 2.75) is 13.8 Å². The summed E-state index contributed by atoms with van der Waals surface area (Å²) in [5.74, 6) is 0.505. The summed E-state index contributed by atoms with van der Waals surface area (Å²) < 4.78 is 0. The van der Waals surface area contributed by atoms with E-state index in [1.165, 1.54) is 0 Å². The predicted octanol–water partition coefficient (Wildman–Crippen LogP) is 5.82. The summed E-state index contributed by atoms with van der Waals surface area (Å²) in [6.07, 6.45) is 7.05. The fourth-order valence-corrected chi connectivity index (χ4v) is 4.20. The van der Waals surface area contributed by atoms with E-state index in [1.807, 2.05) is 68.6 Å². The molecular weight excluding hydrogens is 450 g/mol. The van der Waals surface area contributed by atoms with Gasteiger partial charge in [-0.25, -0.2) is 4.98 Å². The first-order valence-electron chi connectivity index (χ1n) is 11.7. The Kier molecular flexibility index (Phi) is 5.26. The molecule has 0 atom stereocenters. The van der Waals surface area contributed by atoms with Crippen LogP contribution in [0.25, 0.3) is 55.7 Å². The Hall–Kier alpha value is -4.85. The summed E-state index contributed by atoms with van der Waals surface area (Å²) >= 11 is 0. The van der Waals surface area contributed by atoms with Crippen molar-refractivity contribution in [2.24, 2.45) is 5.92 Å². The first-order valence-corrected chi connectivity index (χ1v) is 11.7. The molecule has 0 bridgehead atoms. The minimum atomic E-state index is -0.111. The highest BCUT2D eigenvalue weighted by Crippen LogP contribution is 2.33. The second-order valence-electron chi connectivity index (χ2n) is 8.97. The molecule has 176 valence electrons. The number of anilines is 1. The van der Waals surface area contributed by atoms with Crippen molar-refractivity contribution in [1.29, 1.82) is 0 Å². The lowest BCUT2D eigenvalue weighted by molar-refractivity contribution is -0.118. The van der Waals surface area contributed by atoms with Crippen LogP contribution in [0.1, 0.15) is 13.8 Å².